The lowest BCUT2D eigenvalue weighted by molar-refractivity contribution is -0.147. The number of aliphatic hydroxyl groups is 1. The van der Waals surface area contributed by atoms with Gasteiger partial charge in [-0.3, -0.25) is 9.69 Å². The maximum Gasteiger partial charge on any atom is 0.322 e. The van der Waals surface area contributed by atoms with Crippen molar-refractivity contribution < 1.29 is 14.6 Å². The molecular weight excluding hydrogens is 182 g/mol. The largest absolute Gasteiger partial charge is 0.468 e. The number of aliphatic hydroxyl groups excluding tert-OH is 1. The number of methoxy groups -OCH3 is 1. The minimum absolute atomic E-state index is 0.230. The predicted molar refractivity (Wildman–Crippen MR) is 52.8 cm³/mol. The highest BCUT2D eigenvalue weighted by Gasteiger charge is 2.30. The number of ether oxygens (including phenoxy) is 1. The average molecular weight is 201 g/mol. The first-order valence-corrected chi connectivity index (χ1v) is 5.06. The van der Waals surface area contributed by atoms with E-state index in [0.29, 0.717) is 12.5 Å². The van der Waals surface area contributed by atoms with E-state index in [4.69, 9.17) is 0 Å². The molecule has 0 bridgehead atoms. The van der Waals surface area contributed by atoms with E-state index in [9.17, 15) is 9.90 Å². The van der Waals surface area contributed by atoms with E-state index >= 15 is 0 Å². The fourth-order valence-electron chi connectivity index (χ4n) is 1.74. The van der Waals surface area contributed by atoms with Crippen LogP contribution in [0.5, 0.6) is 0 Å². The number of esters is 1. The number of likely N-dealkylation sites (tertiary alicyclic amines) is 1. The zero-order chi connectivity index (χ0) is 10.7. The van der Waals surface area contributed by atoms with Gasteiger partial charge in [-0.25, -0.2) is 0 Å². The summed E-state index contributed by atoms with van der Waals surface area (Å²) < 4.78 is 4.67. The summed E-state index contributed by atoms with van der Waals surface area (Å²) in [5.74, 6) is 0.0999. The van der Waals surface area contributed by atoms with Crippen LogP contribution in [0.4, 0.5) is 0 Å². The van der Waals surface area contributed by atoms with E-state index in [0.717, 1.165) is 13.0 Å². The third kappa shape index (κ3) is 2.45. The van der Waals surface area contributed by atoms with E-state index in [2.05, 4.69) is 4.74 Å². The van der Waals surface area contributed by atoms with E-state index in [-0.39, 0.29) is 18.1 Å². The van der Waals surface area contributed by atoms with Gasteiger partial charge in [0, 0.05) is 6.54 Å². The van der Waals surface area contributed by atoms with Crippen LogP contribution < -0.4 is 0 Å². The van der Waals surface area contributed by atoms with E-state index in [1.54, 1.807) is 0 Å². The van der Waals surface area contributed by atoms with Crippen molar-refractivity contribution in [2.75, 3.05) is 20.2 Å². The molecule has 1 N–H and O–H groups in total. The Balaban J connectivity index is 2.50. The van der Waals surface area contributed by atoms with Crippen LogP contribution in [0.3, 0.4) is 0 Å². The summed E-state index contributed by atoms with van der Waals surface area (Å²) in [4.78, 5) is 13.2. The van der Waals surface area contributed by atoms with Gasteiger partial charge in [0.15, 0.2) is 0 Å². The molecular formula is C10H19NO3. The van der Waals surface area contributed by atoms with Gasteiger partial charge < -0.3 is 9.84 Å². The Morgan fingerprint density at radius 2 is 2.29 bits per heavy atom. The molecule has 0 radical (unpaired) electrons. The zero-order valence-corrected chi connectivity index (χ0v) is 9.06. The number of hydrogen-bond acceptors (Lipinski definition) is 4. The Kier molecular flexibility index (Phi) is 3.89. The second-order valence-corrected chi connectivity index (χ2v) is 4.03. The summed E-state index contributed by atoms with van der Waals surface area (Å²) in [7, 11) is 1.39. The lowest BCUT2D eigenvalue weighted by Gasteiger charge is -2.36. The second-order valence-electron chi connectivity index (χ2n) is 4.03. The summed E-state index contributed by atoms with van der Waals surface area (Å²) in [5.41, 5.74) is 0. The van der Waals surface area contributed by atoms with Crippen LogP contribution >= 0.6 is 0 Å². The number of nitrogens with zero attached hydrogens (tertiary/aromatic N) is 1. The van der Waals surface area contributed by atoms with Crippen LogP contribution in [0.2, 0.25) is 0 Å². The van der Waals surface area contributed by atoms with Crippen molar-refractivity contribution in [1.29, 1.82) is 0 Å². The molecule has 14 heavy (non-hydrogen) atoms. The molecule has 3 atom stereocenters. The van der Waals surface area contributed by atoms with Crippen LogP contribution in [-0.2, 0) is 9.53 Å². The van der Waals surface area contributed by atoms with Gasteiger partial charge in [-0.05, 0) is 25.8 Å². The molecule has 1 rings (SSSR count). The van der Waals surface area contributed by atoms with Gasteiger partial charge in [-0.1, -0.05) is 6.92 Å². The molecule has 0 aromatic heterocycles. The summed E-state index contributed by atoms with van der Waals surface area (Å²) >= 11 is 0. The first kappa shape index (κ1) is 11.5. The van der Waals surface area contributed by atoms with E-state index in [1.165, 1.54) is 7.11 Å². The fraction of sp³-hybridized carbons (Fsp3) is 0.900. The Hall–Kier alpha value is -0.610. The smallest absolute Gasteiger partial charge is 0.322 e. The van der Waals surface area contributed by atoms with Crippen LogP contribution in [0.25, 0.3) is 0 Å². The molecule has 82 valence electrons. The highest BCUT2D eigenvalue weighted by atomic mass is 16.5. The quantitative estimate of drug-likeness (QED) is 0.651. The zero-order valence-electron chi connectivity index (χ0n) is 9.06. The Morgan fingerprint density at radius 3 is 2.79 bits per heavy atom. The lowest BCUT2D eigenvalue weighted by Crippen LogP contribution is -2.49. The number of piperidine rings is 1. The number of β-amino-alcohol motifs (C(OH)–C–C–N with tert-alkyl or cyclic N) is 1. The molecule has 1 fully saturated rings. The maximum atomic E-state index is 11.3. The minimum atomic E-state index is -0.323. The number of hydrogen-bond donors (Lipinski definition) is 1. The van der Waals surface area contributed by atoms with Crippen molar-refractivity contribution in [3.8, 4) is 0 Å². The van der Waals surface area contributed by atoms with Crippen molar-refractivity contribution in [3.63, 3.8) is 0 Å². The van der Waals surface area contributed by atoms with Crippen molar-refractivity contribution in [2.24, 2.45) is 5.92 Å². The van der Waals surface area contributed by atoms with Gasteiger partial charge in [0.25, 0.3) is 0 Å². The SMILES string of the molecule is COC(=O)C(C)N1CCC(C)C(O)C1. The van der Waals surface area contributed by atoms with Gasteiger partial charge in [0.1, 0.15) is 6.04 Å². The average Bonchev–Trinajstić information content (AvgIpc) is 2.20. The van der Waals surface area contributed by atoms with Gasteiger partial charge in [0.2, 0.25) is 0 Å². The first-order valence-electron chi connectivity index (χ1n) is 5.06. The molecule has 0 aromatic rings. The summed E-state index contributed by atoms with van der Waals surface area (Å²) in [6.07, 6.45) is 0.610. The Bertz CT molecular complexity index is 208. The number of carbonyl (C=O) groups excluding carboxylic acids is 1. The minimum Gasteiger partial charge on any atom is -0.468 e. The molecule has 0 aliphatic carbocycles. The molecule has 4 nitrogen and oxygen atoms in total. The Labute approximate surface area is 84.8 Å². The van der Waals surface area contributed by atoms with Crippen LogP contribution in [-0.4, -0.2) is 48.3 Å². The van der Waals surface area contributed by atoms with Gasteiger partial charge in [-0.15, -0.1) is 0 Å². The standard InChI is InChI=1S/C10H19NO3/c1-7-4-5-11(6-9(7)12)8(2)10(13)14-3/h7-9,12H,4-6H2,1-3H3. The van der Waals surface area contributed by atoms with Gasteiger partial charge in [0.05, 0.1) is 13.2 Å². The monoisotopic (exact) mass is 201 g/mol. The number of rotatable bonds is 2. The maximum absolute atomic E-state index is 11.3. The third-order valence-corrected chi connectivity index (χ3v) is 3.04. The second kappa shape index (κ2) is 4.75. The van der Waals surface area contributed by atoms with Crippen LogP contribution in [0.15, 0.2) is 0 Å². The Morgan fingerprint density at radius 1 is 1.64 bits per heavy atom. The lowest BCUT2D eigenvalue weighted by atomic mass is 9.95. The van der Waals surface area contributed by atoms with Gasteiger partial charge in [-0.2, -0.15) is 0 Å². The van der Waals surface area contributed by atoms with E-state index in [1.807, 2.05) is 18.7 Å². The highest BCUT2D eigenvalue weighted by molar-refractivity contribution is 5.75. The summed E-state index contributed by atoms with van der Waals surface area (Å²) in [5, 5.41) is 9.66. The molecule has 1 aliphatic heterocycles. The molecule has 0 saturated carbocycles. The van der Waals surface area contributed by atoms with E-state index < -0.39 is 0 Å². The molecule has 1 saturated heterocycles. The molecule has 4 heteroatoms. The predicted octanol–water partition coefficient (Wildman–Crippen LogP) is 0.251. The molecule has 0 spiro atoms. The third-order valence-electron chi connectivity index (χ3n) is 3.04. The molecule has 0 amide bonds. The number of carbonyl (C=O) groups is 1. The summed E-state index contributed by atoms with van der Waals surface area (Å²) in [6, 6.07) is -0.248. The first-order chi connectivity index (χ1) is 6.56. The van der Waals surface area contributed by atoms with Crippen LogP contribution in [0, 0.1) is 5.92 Å². The van der Waals surface area contributed by atoms with Crippen molar-refractivity contribution in [1.82, 2.24) is 4.90 Å². The molecule has 3 unspecified atom stereocenters. The van der Waals surface area contributed by atoms with Crippen molar-refractivity contribution >= 4 is 5.97 Å². The fourth-order valence-corrected chi connectivity index (χ4v) is 1.74. The molecule has 1 heterocycles. The molecule has 1 aliphatic rings. The topological polar surface area (TPSA) is 49.8 Å². The van der Waals surface area contributed by atoms with Gasteiger partial charge >= 0.3 is 5.97 Å². The summed E-state index contributed by atoms with van der Waals surface area (Å²) in [6.45, 7) is 5.27. The van der Waals surface area contributed by atoms with Crippen LogP contribution in [0.1, 0.15) is 20.3 Å². The highest BCUT2D eigenvalue weighted by Crippen LogP contribution is 2.18. The van der Waals surface area contributed by atoms with Crippen molar-refractivity contribution in [3.05, 3.63) is 0 Å². The van der Waals surface area contributed by atoms with Crippen molar-refractivity contribution in [2.45, 2.75) is 32.4 Å². The molecule has 0 aromatic carbocycles. The normalized spacial score (nSPS) is 31.1.